The van der Waals surface area contributed by atoms with Crippen molar-refractivity contribution in [1.82, 2.24) is 4.98 Å². The van der Waals surface area contributed by atoms with Crippen LogP contribution in [0.2, 0.25) is 0 Å². The number of benzene rings is 1. The number of unbranched alkanes of at least 4 members (excludes halogenated alkanes) is 1. The SMILES string of the molecule is CCCCSC(C)C(=O)Nc1nc(-c2ccc3c(c2)OCO3)cs1. The predicted molar refractivity (Wildman–Crippen MR) is 99.1 cm³/mol. The molecule has 5 nitrogen and oxygen atoms in total. The molecule has 0 fully saturated rings. The number of hydrogen-bond acceptors (Lipinski definition) is 6. The molecule has 1 aromatic heterocycles. The molecule has 1 aliphatic heterocycles. The van der Waals surface area contributed by atoms with Crippen LogP contribution in [0, 0.1) is 0 Å². The molecule has 7 heteroatoms. The molecule has 128 valence electrons. The van der Waals surface area contributed by atoms with Gasteiger partial charge in [0.05, 0.1) is 10.9 Å². The lowest BCUT2D eigenvalue weighted by Gasteiger charge is -2.09. The van der Waals surface area contributed by atoms with Gasteiger partial charge in [-0.2, -0.15) is 0 Å². The van der Waals surface area contributed by atoms with Crippen molar-refractivity contribution in [2.45, 2.75) is 31.9 Å². The van der Waals surface area contributed by atoms with E-state index < -0.39 is 0 Å². The molecular weight excluding hydrogens is 344 g/mol. The van der Waals surface area contributed by atoms with E-state index in [0.717, 1.165) is 41.4 Å². The molecule has 2 heterocycles. The molecular formula is C17H20N2O3S2. The Labute approximate surface area is 149 Å². The van der Waals surface area contributed by atoms with Crippen molar-refractivity contribution in [1.29, 1.82) is 0 Å². The van der Waals surface area contributed by atoms with E-state index in [-0.39, 0.29) is 18.0 Å². The van der Waals surface area contributed by atoms with Gasteiger partial charge in [0.25, 0.3) is 0 Å². The van der Waals surface area contributed by atoms with Gasteiger partial charge in [-0.15, -0.1) is 23.1 Å². The number of fused-ring (bicyclic) bond motifs is 1. The molecule has 1 amide bonds. The molecule has 0 aliphatic carbocycles. The molecule has 2 aromatic rings. The molecule has 1 N–H and O–H groups in total. The van der Waals surface area contributed by atoms with Crippen LogP contribution in [0.4, 0.5) is 5.13 Å². The number of nitrogens with one attached hydrogen (secondary N) is 1. The minimum atomic E-state index is -0.0746. The third kappa shape index (κ3) is 4.02. The minimum absolute atomic E-state index is 0.00249. The molecule has 24 heavy (non-hydrogen) atoms. The molecule has 1 aromatic carbocycles. The minimum Gasteiger partial charge on any atom is -0.454 e. The fraction of sp³-hybridized carbons (Fsp3) is 0.412. The van der Waals surface area contributed by atoms with Gasteiger partial charge in [-0.25, -0.2) is 4.98 Å². The van der Waals surface area contributed by atoms with E-state index in [1.54, 1.807) is 11.8 Å². The molecule has 0 saturated heterocycles. The second-order valence-electron chi connectivity index (χ2n) is 5.46. The fourth-order valence-corrected chi connectivity index (χ4v) is 3.95. The van der Waals surface area contributed by atoms with E-state index in [9.17, 15) is 4.79 Å². The van der Waals surface area contributed by atoms with E-state index in [2.05, 4.69) is 17.2 Å². The summed E-state index contributed by atoms with van der Waals surface area (Å²) < 4.78 is 10.7. The van der Waals surface area contributed by atoms with Crippen LogP contribution in [0.1, 0.15) is 26.7 Å². The van der Waals surface area contributed by atoms with Crippen LogP contribution in [0.5, 0.6) is 11.5 Å². The number of ether oxygens (including phenoxy) is 2. The summed E-state index contributed by atoms with van der Waals surface area (Å²) in [6.07, 6.45) is 2.28. The summed E-state index contributed by atoms with van der Waals surface area (Å²) in [6, 6.07) is 5.73. The van der Waals surface area contributed by atoms with Gasteiger partial charge in [-0.1, -0.05) is 13.3 Å². The first-order chi connectivity index (χ1) is 11.7. The highest BCUT2D eigenvalue weighted by Gasteiger charge is 2.17. The number of aromatic nitrogens is 1. The van der Waals surface area contributed by atoms with Gasteiger partial charge in [0.2, 0.25) is 12.7 Å². The number of thiazole rings is 1. The van der Waals surface area contributed by atoms with Crippen LogP contribution in [0.15, 0.2) is 23.6 Å². The molecule has 0 saturated carbocycles. The fourth-order valence-electron chi connectivity index (χ4n) is 2.21. The summed E-state index contributed by atoms with van der Waals surface area (Å²) in [5.74, 6) is 2.49. The smallest absolute Gasteiger partial charge is 0.238 e. The quantitative estimate of drug-likeness (QED) is 0.738. The van der Waals surface area contributed by atoms with Gasteiger partial charge >= 0.3 is 0 Å². The molecule has 3 rings (SSSR count). The Morgan fingerprint density at radius 1 is 1.42 bits per heavy atom. The number of carbonyl (C=O) groups excluding carboxylic acids is 1. The Kier molecular flexibility index (Phi) is 5.63. The number of nitrogens with zero attached hydrogens (tertiary/aromatic N) is 1. The van der Waals surface area contributed by atoms with Crippen molar-refractivity contribution in [3.63, 3.8) is 0 Å². The zero-order valence-electron chi connectivity index (χ0n) is 13.7. The lowest BCUT2D eigenvalue weighted by atomic mass is 10.1. The van der Waals surface area contributed by atoms with Crippen LogP contribution in [-0.4, -0.2) is 28.7 Å². The number of anilines is 1. The molecule has 0 spiro atoms. The predicted octanol–water partition coefficient (Wildman–Crippen LogP) is 4.40. The highest BCUT2D eigenvalue weighted by molar-refractivity contribution is 8.00. The van der Waals surface area contributed by atoms with Crippen molar-refractivity contribution < 1.29 is 14.3 Å². The second-order valence-corrected chi connectivity index (χ2v) is 7.77. The van der Waals surface area contributed by atoms with Gasteiger partial charge in [-0.05, 0) is 37.3 Å². The Bertz CT molecular complexity index is 718. The van der Waals surface area contributed by atoms with Crippen molar-refractivity contribution in [3.05, 3.63) is 23.6 Å². The second kappa shape index (κ2) is 7.90. The largest absolute Gasteiger partial charge is 0.454 e. The maximum absolute atomic E-state index is 12.2. The maximum atomic E-state index is 12.2. The molecule has 1 aliphatic rings. The highest BCUT2D eigenvalue weighted by Crippen LogP contribution is 2.36. The summed E-state index contributed by atoms with van der Waals surface area (Å²) in [4.78, 5) is 16.7. The van der Waals surface area contributed by atoms with Gasteiger partial charge in [0.15, 0.2) is 16.6 Å². The first-order valence-electron chi connectivity index (χ1n) is 7.95. The monoisotopic (exact) mass is 364 g/mol. The van der Waals surface area contributed by atoms with Crippen molar-refractivity contribution >= 4 is 34.1 Å². The lowest BCUT2D eigenvalue weighted by Crippen LogP contribution is -2.22. The first kappa shape index (κ1) is 17.1. The van der Waals surface area contributed by atoms with E-state index in [1.807, 2.05) is 30.5 Å². The van der Waals surface area contributed by atoms with Crippen LogP contribution in [-0.2, 0) is 4.79 Å². The van der Waals surface area contributed by atoms with Crippen LogP contribution < -0.4 is 14.8 Å². The summed E-state index contributed by atoms with van der Waals surface area (Å²) in [7, 11) is 0. The standard InChI is InChI=1S/C17H20N2O3S2/c1-3-4-7-23-11(2)16(20)19-17-18-13(9-24-17)12-5-6-14-15(8-12)22-10-21-14/h5-6,8-9,11H,3-4,7,10H2,1-2H3,(H,18,19,20). The van der Waals surface area contributed by atoms with Gasteiger partial charge in [0, 0.05) is 10.9 Å². The summed E-state index contributed by atoms with van der Waals surface area (Å²) >= 11 is 3.11. The molecule has 1 atom stereocenters. The average Bonchev–Trinajstić information content (AvgIpc) is 3.23. The number of amides is 1. The number of hydrogen-bond donors (Lipinski definition) is 1. The third-order valence-electron chi connectivity index (χ3n) is 3.64. The number of rotatable bonds is 7. The molecule has 0 radical (unpaired) electrons. The van der Waals surface area contributed by atoms with Crippen LogP contribution in [0.25, 0.3) is 11.3 Å². The summed E-state index contributed by atoms with van der Waals surface area (Å²) in [5.41, 5.74) is 1.77. The van der Waals surface area contributed by atoms with Crippen LogP contribution >= 0.6 is 23.1 Å². The Morgan fingerprint density at radius 2 is 2.25 bits per heavy atom. The van der Waals surface area contributed by atoms with E-state index in [4.69, 9.17) is 9.47 Å². The van der Waals surface area contributed by atoms with Crippen molar-refractivity contribution in [2.24, 2.45) is 0 Å². The summed E-state index contributed by atoms with van der Waals surface area (Å²) in [5, 5.41) is 5.38. The zero-order chi connectivity index (χ0) is 16.9. The average molecular weight is 364 g/mol. The number of thioether (sulfide) groups is 1. The van der Waals surface area contributed by atoms with Gasteiger partial charge in [0.1, 0.15) is 0 Å². The van der Waals surface area contributed by atoms with Crippen molar-refractivity contribution in [2.75, 3.05) is 17.9 Å². The topological polar surface area (TPSA) is 60.5 Å². The third-order valence-corrected chi connectivity index (χ3v) is 5.63. The Morgan fingerprint density at radius 3 is 3.08 bits per heavy atom. The highest BCUT2D eigenvalue weighted by atomic mass is 32.2. The van der Waals surface area contributed by atoms with Gasteiger partial charge in [-0.3, -0.25) is 4.79 Å². The van der Waals surface area contributed by atoms with Gasteiger partial charge < -0.3 is 14.8 Å². The number of carbonyl (C=O) groups is 1. The van der Waals surface area contributed by atoms with E-state index >= 15 is 0 Å². The molecule has 1 unspecified atom stereocenters. The summed E-state index contributed by atoms with van der Waals surface area (Å²) in [6.45, 7) is 4.34. The first-order valence-corrected chi connectivity index (χ1v) is 9.88. The Hall–Kier alpha value is -1.73. The maximum Gasteiger partial charge on any atom is 0.238 e. The Balaban J connectivity index is 1.62. The van der Waals surface area contributed by atoms with E-state index in [0.29, 0.717) is 5.13 Å². The zero-order valence-corrected chi connectivity index (χ0v) is 15.3. The molecule has 0 bridgehead atoms. The normalized spacial score (nSPS) is 13.8. The van der Waals surface area contributed by atoms with E-state index in [1.165, 1.54) is 11.3 Å². The van der Waals surface area contributed by atoms with Crippen molar-refractivity contribution in [3.8, 4) is 22.8 Å². The lowest BCUT2D eigenvalue weighted by molar-refractivity contribution is -0.115. The van der Waals surface area contributed by atoms with Crippen LogP contribution in [0.3, 0.4) is 0 Å².